The molecule has 0 spiro atoms. The molecule has 1 unspecified atom stereocenters. The Balaban J connectivity index is 1.67. The molecule has 1 fully saturated rings. The summed E-state index contributed by atoms with van der Waals surface area (Å²) in [5.41, 5.74) is 0. The van der Waals surface area contributed by atoms with Gasteiger partial charge in [0.1, 0.15) is 0 Å². The molecule has 1 amide bonds. The van der Waals surface area contributed by atoms with Gasteiger partial charge in [-0.1, -0.05) is 6.07 Å². The fraction of sp³-hybridized carbons (Fsp3) is 0.545. The Hall–Kier alpha value is -0.870. The monoisotopic (exact) mass is 224 g/mol. The summed E-state index contributed by atoms with van der Waals surface area (Å²) in [5, 5.41) is 8.26. The minimum Gasteiger partial charge on any atom is -0.355 e. The standard InChI is InChI=1S/C11H16N2OS/c14-11(9-3-5-12-8-9)13-6-4-10-2-1-7-15-10/h1-2,7,9,12H,3-6,8H2,(H,13,14). The first-order valence-corrected chi connectivity index (χ1v) is 6.25. The average molecular weight is 224 g/mol. The Morgan fingerprint density at radius 3 is 3.27 bits per heavy atom. The molecule has 1 aliphatic heterocycles. The number of nitrogens with one attached hydrogen (secondary N) is 2. The topological polar surface area (TPSA) is 41.1 Å². The van der Waals surface area contributed by atoms with Crippen molar-refractivity contribution >= 4 is 17.2 Å². The summed E-state index contributed by atoms with van der Waals surface area (Å²) in [5.74, 6) is 0.393. The van der Waals surface area contributed by atoms with Crippen LogP contribution in [0.15, 0.2) is 17.5 Å². The SMILES string of the molecule is O=C(NCCc1cccs1)C1CCNC1. The van der Waals surface area contributed by atoms with Crippen LogP contribution in [0.4, 0.5) is 0 Å². The lowest BCUT2D eigenvalue weighted by Gasteiger charge is -2.08. The quantitative estimate of drug-likeness (QED) is 0.801. The number of carbonyl (C=O) groups is 1. The van der Waals surface area contributed by atoms with E-state index in [0.29, 0.717) is 0 Å². The molecular weight excluding hydrogens is 208 g/mol. The van der Waals surface area contributed by atoms with Crippen LogP contribution in [0.5, 0.6) is 0 Å². The van der Waals surface area contributed by atoms with Crippen LogP contribution in [-0.4, -0.2) is 25.5 Å². The Bertz CT molecular complexity index is 304. The zero-order valence-corrected chi connectivity index (χ0v) is 9.48. The first-order chi connectivity index (χ1) is 7.36. The number of amides is 1. The smallest absolute Gasteiger partial charge is 0.224 e. The Morgan fingerprint density at radius 2 is 2.60 bits per heavy atom. The van der Waals surface area contributed by atoms with Gasteiger partial charge in [-0.05, 0) is 30.8 Å². The Morgan fingerprint density at radius 1 is 1.67 bits per heavy atom. The van der Waals surface area contributed by atoms with Gasteiger partial charge in [-0.25, -0.2) is 0 Å². The molecule has 4 heteroatoms. The minimum absolute atomic E-state index is 0.188. The second-order valence-corrected chi connectivity index (χ2v) is 4.84. The highest BCUT2D eigenvalue weighted by atomic mass is 32.1. The van der Waals surface area contributed by atoms with Gasteiger partial charge in [-0.3, -0.25) is 4.79 Å². The minimum atomic E-state index is 0.188. The molecule has 0 aromatic carbocycles. The van der Waals surface area contributed by atoms with Gasteiger partial charge in [0.25, 0.3) is 0 Å². The molecular formula is C11H16N2OS. The molecule has 1 aromatic heterocycles. The van der Waals surface area contributed by atoms with Gasteiger partial charge in [0.15, 0.2) is 0 Å². The van der Waals surface area contributed by atoms with E-state index in [4.69, 9.17) is 0 Å². The molecule has 1 aliphatic rings. The van der Waals surface area contributed by atoms with Crippen molar-refractivity contribution < 1.29 is 4.79 Å². The van der Waals surface area contributed by atoms with E-state index in [1.54, 1.807) is 11.3 Å². The average Bonchev–Trinajstić information content (AvgIpc) is 2.90. The van der Waals surface area contributed by atoms with Crippen molar-refractivity contribution in [1.82, 2.24) is 10.6 Å². The van der Waals surface area contributed by atoms with E-state index in [0.717, 1.165) is 32.5 Å². The molecule has 2 N–H and O–H groups in total. The van der Waals surface area contributed by atoms with Crippen molar-refractivity contribution in [2.75, 3.05) is 19.6 Å². The predicted octanol–water partition coefficient (Wildman–Crippen LogP) is 1.02. The maximum Gasteiger partial charge on any atom is 0.224 e. The summed E-state index contributed by atoms with van der Waals surface area (Å²) in [6.07, 6.45) is 1.92. The normalized spacial score (nSPS) is 20.4. The maximum atomic E-state index is 11.6. The molecule has 82 valence electrons. The molecule has 2 heterocycles. The molecule has 3 nitrogen and oxygen atoms in total. The van der Waals surface area contributed by atoms with Crippen molar-refractivity contribution in [3.8, 4) is 0 Å². The van der Waals surface area contributed by atoms with E-state index in [1.165, 1.54) is 4.88 Å². The van der Waals surface area contributed by atoms with E-state index in [9.17, 15) is 4.79 Å². The number of thiophene rings is 1. The molecule has 1 aromatic rings. The van der Waals surface area contributed by atoms with Crippen LogP contribution in [0.25, 0.3) is 0 Å². The molecule has 0 aliphatic carbocycles. The summed E-state index contributed by atoms with van der Waals surface area (Å²) >= 11 is 1.74. The molecule has 0 radical (unpaired) electrons. The van der Waals surface area contributed by atoms with Gasteiger partial charge in [0, 0.05) is 18.0 Å². The van der Waals surface area contributed by atoms with Crippen molar-refractivity contribution in [2.45, 2.75) is 12.8 Å². The second-order valence-electron chi connectivity index (χ2n) is 3.81. The van der Waals surface area contributed by atoms with Crippen LogP contribution in [0, 0.1) is 5.92 Å². The van der Waals surface area contributed by atoms with E-state index in [1.807, 2.05) is 6.07 Å². The molecule has 15 heavy (non-hydrogen) atoms. The molecule has 0 saturated carbocycles. The number of carbonyl (C=O) groups excluding carboxylic acids is 1. The second kappa shape index (κ2) is 5.28. The van der Waals surface area contributed by atoms with Crippen LogP contribution in [0.2, 0.25) is 0 Å². The van der Waals surface area contributed by atoms with E-state index < -0.39 is 0 Å². The van der Waals surface area contributed by atoms with Gasteiger partial charge in [-0.15, -0.1) is 11.3 Å². The summed E-state index contributed by atoms with van der Waals surface area (Å²) in [7, 11) is 0. The van der Waals surface area contributed by atoms with Crippen LogP contribution >= 0.6 is 11.3 Å². The largest absolute Gasteiger partial charge is 0.355 e. The number of hydrogen-bond donors (Lipinski definition) is 2. The fourth-order valence-electron chi connectivity index (χ4n) is 1.79. The van der Waals surface area contributed by atoms with Gasteiger partial charge < -0.3 is 10.6 Å². The van der Waals surface area contributed by atoms with Gasteiger partial charge in [-0.2, -0.15) is 0 Å². The molecule has 1 saturated heterocycles. The summed E-state index contributed by atoms with van der Waals surface area (Å²) in [6.45, 7) is 2.57. The van der Waals surface area contributed by atoms with Gasteiger partial charge in [0.05, 0.1) is 5.92 Å². The third-order valence-electron chi connectivity index (χ3n) is 2.68. The summed E-state index contributed by atoms with van der Waals surface area (Å²) < 4.78 is 0. The lowest BCUT2D eigenvalue weighted by Crippen LogP contribution is -2.33. The molecule has 2 rings (SSSR count). The predicted molar refractivity (Wildman–Crippen MR) is 62.0 cm³/mol. The van der Waals surface area contributed by atoms with E-state index >= 15 is 0 Å². The third kappa shape index (κ3) is 3.04. The Kier molecular flexibility index (Phi) is 3.75. The first-order valence-electron chi connectivity index (χ1n) is 5.37. The highest BCUT2D eigenvalue weighted by Gasteiger charge is 2.21. The lowest BCUT2D eigenvalue weighted by atomic mass is 10.1. The number of rotatable bonds is 4. The van der Waals surface area contributed by atoms with E-state index in [2.05, 4.69) is 22.1 Å². The Labute approximate surface area is 93.9 Å². The van der Waals surface area contributed by atoms with Crippen molar-refractivity contribution in [1.29, 1.82) is 0 Å². The molecule has 0 bridgehead atoms. The van der Waals surface area contributed by atoms with Crippen LogP contribution < -0.4 is 10.6 Å². The number of hydrogen-bond acceptors (Lipinski definition) is 3. The van der Waals surface area contributed by atoms with E-state index in [-0.39, 0.29) is 11.8 Å². The van der Waals surface area contributed by atoms with Crippen molar-refractivity contribution in [3.63, 3.8) is 0 Å². The first kappa shape index (κ1) is 10.6. The highest BCUT2D eigenvalue weighted by Crippen LogP contribution is 2.09. The van der Waals surface area contributed by atoms with Crippen molar-refractivity contribution in [3.05, 3.63) is 22.4 Å². The van der Waals surface area contributed by atoms with Crippen molar-refractivity contribution in [2.24, 2.45) is 5.92 Å². The maximum absolute atomic E-state index is 11.6. The third-order valence-corrected chi connectivity index (χ3v) is 3.62. The van der Waals surface area contributed by atoms with Crippen LogP contribution in [0.1, 0.15) is 11.3 Å². The summed E-state index contributed by atoms with van der Waals surface area (Å²) in [6, 6.07) is 4.15. The zero-order valence-electron chi connectivity index (χ0n) is 8.66. The van der Waals surface area contributed by atoms with Crippen LogP contribution in [0.3, 0.4) is 0 Å². The fourth-order valence-corrected chi connectivity index (χ4v) is 2.50. The zero-order chi connectivity index (χ0) is 10.5. The van der Waals surface area contributed by atoms with Crippen LogP contribution in [-0.2, 0) is 11.2 Å². The lowest BCUT2D eigenvalue weighted by molar-refractivity contribution is -0.124. The van der Waals surface area contributed by atoms with Gasteiger partial charge >= 0.3 is 0 Å². The molecule has 1 atom stereocenters. The van der Waals surface area contributed by atoms with Gasteiger partial charge in [0.2, 0.25) is 5.91 Å². The highest BCUT2D eigenvalue weighted by molar-refractivity contribution is 7.09. The summed E-state index contributed by atoms with van der Waals surface area (Å²) in [4.78, 5) is 13.0.